The van der Waals surface area contributed by atoms with E-state index in [4.69, 9.17) is 9.16 Å². The van der Waals surface area contributed by atoms with Crippen LogP contribution in [0.2, 0.25) is 18.1 Å². The Labute approximate surface area is 180 Å². The fourth-order valence-corrected chi connectivity index (χ4v) is 7.61. The molecule has 1 amide bonds. The highest BCUT2D eigenvalue weighted by Gasteiger charge is 2.68. The molecule has 0 aromatic rings. The van der Waals surface area contributed by atoms with Crippen molar-refractivity contribution in [3.8, 4) is 0 Å². The Kier molecular flexibility index (Phi) is 5.78. The number of rotatable bonds is 3. The van der Waals surface area contributed by atoms with Gasteiger partial charge in [-0.15, -0.1) is 0 Å². The second-order valence-electron chi connectivity index (χ2n) is 12.7. The average molecular weight is 424 g/mol. The van der Waals surface area contributed by atoms with E-state index in [0.29, 0.717) is 30.4 Å². The lowest BCUT2D eigenvalue weighted by Gasteiger charge is -2.40. The topological polar surface area (TPSA) is 38.8 Å². The van der Waals surface area contributed by atoms with Crippen LogP contribution in [0.1, 0.15) is 81.1 Å². The highest BCUT2D eigenvalue weighted by Crippen LogP contribution is 2.66. The molecular formula is C24H45NO3Si. The number of hydrogen-bond acceptors (Lipinski definition) is 3. The molecule has 0 N–H and O–H groups in total. The molecule has 1 aliphatic heterocycles. The maximum absolute atomic E-state index is 13.4. The Morgan fingerprint density at radius 2 is 1.76 bits per heavy atom. The lowest BCUT2D eigenvalue weighted by atomic mass is 9.69. The Bertz CT molecular complexity index is 635. The molecule has 1 saturated heterocycles. The van der Waals surface area contributed by atoms with E-state index >= 15 is 0 Å². The van der Waals surface area contributed by atoms with Crippen LogP contribution in [-0.4, -0.2) is 43.6 Å². The van der Waals surface area contributed by atoms with E-state index < -0.39 is 13.9 Å². The van der Waals surface area contributed by atoms with Gasteiger partial charge in [0.1, 0.15) is 5.60 Å². The first kappa shape index (κ1) is 23.1. The van der Waals surface area contributed by atoms with Gasteiger partial charge in [0.25, 0.3) is 0 Å². The Morgan fingerprint density at radius 3 is 2.31 bits per heavy atom. The van der Waals surface area contributed by atoms with Crippen LogP contribution in [0, 0.1) is 23.2 Å². The van der Waals surface area contributed by atoms with E-state index in [1.54, 1.807) is 0 Å². The normalized spacial score (nSPS) is 37.6. The maximum Gasteiger partial charge on any atom is 0.410 e. The summed E-state index contributed by atoms with van der Waals surface area (Å²) >= 11 is 0. The van der Waals surface area contributed by atoms with Crippen molar-refractivity contribution in [3.05, 3.63) is 0 Å². The van der Waals surface area contributed by atoms with Crippen molar-refractivity contribution >= 4 is 14.4 Å². The zero-order chi connectivity index (χ0) is 22.0. The first-order chi connectivity index (χ1) is 13.1. The van der Waals surface area contributed by atoms with E-state index in [1.807, 2.05) is 20.8 Å². The SMILES string of the molecule is CC1CC(C)C23CCCC2N(C(=O)OC(C)(C)C)[C@H](CO[Si](C)(C)C(C)(C)C)C13. The third-order valence-corrected chi connectivity index (χ3v) is 13.2. The molecule has 6 atom stereocenters. The highest BCUT2D eigenvalue weighted by atomic mass is 28.4. The van der Waals surface area contributed by atoms with Gasteiger partial charge in [0.15, 0.2) is 8.32 Å². The van der Waals surface area contributed by atoms with Crippen LogP contribution in [0.5, 0.6) is 0 Å². The summed E-state index contributed by atoms with van der Waals surface area (Å²) < 4.78 is 12.7. The largest absolute Gasteiger partial charge is 0.444 e. The van der Waals surface area contributed by atoms with Crippen LogP contribution in [0.25, 0.3) is 0 Å². The Balaban J connectivity index is 1.95. The molecule has 0 aromatic heterocycles. The molecule has 0 radical (unpaired) electrons. The predicted octanol–water partition coefficient (Wildman–Crippen LogP) is 6.46. The van der Waals surface area contributed by atoms with Crippen molar-refractivity contribution in [2.75, 3.05) is 6.61 Å². The molecule has 0 aromatic carbocycles. The van der Waals surface area contributed by atoms with Crippen molar-refractivity contribution in [3.63, 3.8) is 0 Å². The molecule has 29 heavy (non-hydrogen) atoms. The smallest absolute Gasteiger partial charge is 0.410 e. The number of likely N-dealkylation sites (tertiary alicyclic amines) is 1. The zero-order valence-corrected chi connectivity index (χ0v) is 21.6. The molecule has 1 spiro atoms. The summed E-state index contributed by atoms with van der Waals surface area (Å²) in [7, 11) is -1.88. The summed E-state index contributed by atoms with van der Waals surface area (Å²) in [6, 6.07) is 0.458. The second kappa shape index (κ2) is 7.25. The maximum atomic E-state index is 13.4. The van der Waals surface area contributed by atoms with Crippen molar-refractivity contribution in [2.45, 2.75) is 117 Å². The monoisotopic (exact) mass is 423 g/mol. The highest BCUT2D eigenvalue weighted by molar-refractivity contribution is 6.74. The van der Waals surface area contributed by atoms with Gasteiger partial charge in [-0.3, -0.25) is 4.90 Å². The molecule has 2 saturated carbocycles. The molecule has 0 bridgehead atoms. The van der Waals surface area contributed by atoms with E-state index in [0.717, 1.165) is 6.42 Å². The van der Waals surface area contributed by atoms with E-state index in [9.17, 15) is 4.79 Å². The van der Waals surface area contributed by atoms with Crippen LogP contribution < -0.4 is 0 Å². The third kappa shape index (κ3) is 3.79. The molecule has 5 unspecified atom stereocenters. The number of carbonyl (C=O) groups excluding carboxylic acids is 1. The summed E-state index contributed by atoms with van der Waals surface area (Å²) in [6.07, 6.45) is 4.75. The van der Waals surface area contributed by atoms with Crippen molar-refractivity contribution in [2.24, 2.45) is 23.2 Å². The van der Waals surface area contributed by atoms with Gasteiger partial charge in [0, 0.05) is 6.04 Å². The number of hydrogen-bond donors (Lipinski definition) is 0. The van der Waals surface area contributed by atoms with Gasteiger partial charge < -0.3 is 9.16 Å². The molecule has 2 aliphatic carbocycles. The zero-order valence-electron chi connectivity index (χ0n) is 20.6. The first-order valence-electron chi connectivity index (χ1n) is 11.8. The molecule has 168 valence electrons. The van der Waals surface area contributed by atoms with Crippen LogP contribution >= 0.6 is 0 Å². The Hall–Kier alpha value is -0.553. The lowest BCUT2D eigenvalue weighted by Crippen LogP contribution is -2.51. The summed E-state index contributed by atoms with van der Waals surface area (Å²) in [5, 5.41) is 0.171. The molecule has 5 heteroatoms. The fourth-order valence-electron chi connectivity index (χ4n) is 6.59. The molecular weight excluding hydrogens is 378 g/mol. The standard InChI is InChI=1S/C24H45NO3Si/c1-16-14-17(2)24-13-11-12-19(24)25(21(26)28-22(3,4)5)18(20(16)24)15-27-29(9,10)23(6,7)8/h16-20H,11-15H2,1-10H3/t16?,17?,18-,19?,20?,24?/m1/s1. The van der Waals surface area contributed by atoms with Gasteiger partial charge in [0.05, 0.1) is 12.6 Å². The number of carbonyl (C=O) groups is 1. The van der Waals surface area contributed by atoms with Crippen LogP contribution in [0.3, 0.4) is 0 Å². The summed E-state index contributed by atoms with van der Waals surface area (Å²) in [5.74, 6) is 1.83. The van der Waals surface area contributed by atoms with Gasteiger partial charge in [-0.1, -0.05) is 41.0 Å². The fraction of sp³-hybridized carbons (Fsp3) is 0.958. The minimum atomic E-state index is -1.88. The summed E-state index contributed by atoms with van der Waals surface area (Å²) in [4.78, 5) is 15.6. The van der Waals surface area contributed by atoms with Crippen LogP contribution in [0.15, 0.2) is 0 Å². The molecule has 3 rings (SSSR count). The minimum Gasteiger partial charge on any atom is -0.444 e. The molecule has 4 nitrogen and oxygen atoms in total. The van der Waals surface area contributed by atoms with Crippen molar-refractivity contribution in [1.82, 2.24) is 4.90 Å². The van der Waals surface area contributed by atoms with Gasteiger partial charge >= 0.3 is 6.09 Å². The van der Waals surface area contributed by atoms with Gasteiger partial charge in [-0.2, -0.15) is 0 Å². The lowest BCUT2D eigenvalue weighted by molar-refractivity contribution is 0.00248. The second-order valence-corrected chi connectivity index (χ2v) is 17.5. The predicted molar refractivity (Wildman–Crippen MR) is 122 cm³/mol. The van der Waals surface area contributed by atoms with Crippen molar-refractivity contribution in [1.29, 1.82) is 0 Å². The minimum absolute atomic E-state index is 0.124. The van der Waals surface area contributed by atoms with Gasteiger partial charge in [-0.05, 0) is 81.3 Å². The third-order valence-electron chi connectivity index (χ3n) is 8.72. The summed E-state index contributed by atoms with van der Waals surface area (Å²) in [6.45, 7) is 22.9. The number of amides is 1. The molecule has 3 fully saturated rings. The van der Waals surface area contributed by atoms with Crippen LogP contribution in [0.4, 0.5) is 4.79 Å². The van der Waals surface area contributed by atoms with Gasteiger partial charge in [-0.25, -0.2) is 4.79 Å². The average Bonchev–Trinajstić information content (AvgIpc) is 3.11. The van der Waals surface area contributed by atoms with Crippen molar-refractivity contribution < 1.29 is 14.0 Å². The van der Waals surface area contributed by atoms with E-state index in [2.05, 4.69) is 52.6 Å². The molecule has 3 aliphatic rings. The summed E-state index contributed by atoms with van der Waals surface area (Å²) in [5.41, 5.74) is -0.208. The molecule has 1 heterocycles. The van der Waals surface area contributed by atoms with Crippen LogP contribution in [-0.2, 0) is 9.16 Å². The quantitative estimate of drug-likeness (QED) is 0.489. The van der Waals surface area contributed by atoms with Gasteiger partial charge in [0.2, 0.25) is 0 Å². The number of nitrogens with zero attached hydrogens (tertiary/aromatic N) is 1. The van der Waals surface area contributed by atoms with E-state index in [1.165, 1.54) is 19.3 Å². The first-order valence-corrected chi connectivity index (χ1v) is 14.7. The Morgan fingerprint density at radius 1 is 1.14 bits per heavy atom. The van der Waals surface area contributed by atoms with E-state index in [-0.39, 0.29) is 22.6 Å². The number of ether oxygens (including phenoxy) is 1.